The van der Waals surface area contributed by atoms with Crippen LogP contribution < -0.4 is 5.32 Å². The van der Waals surface area contributed by atoms with E-state index in [0.29, 0.717) is 10.9 Å². The molecule has 2 aromatic carbocycles. The summed E-state index contributed by atoms with van der Waals surface area (Å²) in [6, 6.07) is 15.6. The van der Waals surface area contributed by atoms with Gasteiger partial charge in [0.2, 0.25) is 5.82 Å². The van der Waals surface area contributed by atoms with Crippen molar-refractivity contribution in [3.63, 3.8) is 0 Å². The minimum Gasteiger partial charge on any atom is -0.334 e. The molecular formula is C20H20N4O2S. The van der Waals surface area contributed by atoms with Crippen LogP contribution in [0, 0.1) is 17.0 Å². The van der Waals surface area contributed by atoms with Crippen LogP contribution in [0.15, 0.2) is 64.8 Å². The number of nitro groups is 1. The lowest BCUT2D eigenvalue weighted by Crippen LogP contribution is -2.03. The van der Waals surface area contributed by atoms with Gasteiger partial charge in [-0.15, -0.1) is 0 Å². The van der Waals surface area contributed by atoms with Gasteiger partial charge in [-0.25, -0.2) is 9.97 Å². The van der Waals surface area contributed by atoms with Crippen LogP contribution in [0.3, 0.4) is 0 Å². The van der Waals surface area contributed by atoms with Gasteiger partial charge in [0.15, 0.2) is 5.03 Å². The van der Waals surface area contributed by atoms with Gasteiger partial charge >= 0.3 is 5.69 Å². The maximum atomic E-state index is 11.7. The lowest BCUT2D eigenvalue weighted by Gasteiger charge is -2.10. The number of nitrogens with zero attached hydrogens (tertiary/aromatic N) is 3. The van der Waals surface area contributed by atoms with Gasteiger partial charge in [-0.2, -0.15) is 0 Å². The first kappa shape index (κ1) is 18.8. The van der Waals surface area contributed by atoms with Gasteiger partial charge in [-0.1, -0.05) is 55.4 Å². The third-order valence-corrected chi connectivity index (χ3v) is 5.05. The van der Waals surface area contributed by atoms with Gasteiger partial charge in [0.05, 0.1) is 4.92 Å². The molecule has 0 unspecified atom stereocenters. The van der Waals surface area contributed by atoms with Crippen LogP contribution in [-0.2, 0) is 0 Å². The summed E-state index contributed by atoms with van der Waals surface area (Å²) in [5, 5.41) is 15.0. The molecule has 0 radical (unpaired) electrons. The van der Waals surface area contributed by atoms with E-state index < -0.39 is 4.92 Å². The van der Waals surface area contributed by atoms with Crippen molar-refractivity contribution in [1.82, 2.24) is 9.97 Å². The number of anilines is 2. The van der Waals surface area contributed by atoms with E-state index in [2.05, 4.69) is 29.1 Å². The van der Waals surface area contributed by atoms with E-state index in [1.54, 1.807) is 0 Å². The van der Waals surface area contributed by atoms with Crippen molar-refractivity contribution >= 4 is 29.0 Å². The smallest absolute Gasteiger partial charge is 0.334 e. The summed E-state index contributed by atoms with van der Waals surface area (Å²) in [4.78, 5) is 20.4. The molecule has 0 fully saturated rings. The number of hydrogen-bond acceptors (Lipinski definition) is 6. The number of rotatable bonds is 6. The fourth-order valence-electron chi connectivity index (χ4n) is 2.50. The van der Waals surface area contributed by atoms with Gasteiger partial charge < -0.3 is 5.32 Å². The van der Waals surface area contributed by atoms with Gasteiger partial charge in [-0.3, -0.25) is 10.1 Å². The van der Waals surface area contributed by atoms with E-state index in [1.807, 2.05) is 55.5 Å². The molecule has 27 heavy (non-hydrogen) atoms. The number of hydrogen-bond donors (Lipinski definition) is 1. The maximum absolute atomic E-state index is 11.7. The van der Waals surface area contributed by atoms with Crippen LogP contribution in [0.4, 0.5) is 17.2 Å². The zero-order chi connectivity index (χ0) is 19.4. The summed E-state index contributed by atoms with van der Waals surface area (Å²) in [6.07, 6.45) is 1.34. The van der Waals surface area contributed by atoms with E-state index >= 15 is 0 Å². The topological polar surface area (TPSA) is 81.0 Å². The summed E-state index contributed by atoms with van der Waals surface area (Å²) in [7, 11) is 0. The highest BCUT2D eigenvalue weighted by molar-refractivity contribution is 7.99. The van der Waals surface area contributed by atoms with Crippen LogP contribution in [0.5, 0.6) is 0 Å². The number of benzene rings is 2. The first-order chi connectivity index (χ1) is 12.9. The Morgan fingerprint density at radius 3 is 2.30 bits per heavy atom. The third kappa shape index (κ3) is 4.62. The van der Waals surface area contributed by atoms with E-state index in [4.69, 9.17) is 0 Å². The Bertz CT molecular complexity index is 941. The molecule has 138 valence electrons. The van der Waals surface area contributed by atoms with Crippen molar-refractivity contribution in [2.24, 2.45) is 0 Å². The standard InChI is InChI=1S/C20H20N4O2S/c1-13(2)15-6-8-16(9-7-15)23-19-18(24(25)26)20(22-12-21-19)27-17-10-4-14(3)5-11-17/h4-13H,1-3H3,(H,21,22,23). The molecule has 0 aliphatic heterocycles. The molecule has 0 saturated carbocycles. The molecule has 6 nitrogen and oxygen atoms in total. The zero-order valence-corrected chi connectivity index (χ0v) is 16.2. The molecular weight excluding hydrogens is 360 g/mol. The van der Waals surface area contributed by atoms with Crippen molar-refractivity contribution in [3.8, 4) is 0 Å². The zero-order valence-electron chi connectivity index (χ0n) is 15.3. The predicted octanol–water partition coefficient (Wildman–Crippen LogP) is 5.71. The van der Waals surface area contributed by atoms with Gasteiger partial charge in [0.1, 0.15) is 6.33 Å². The predicted molar refractivity (Wildman–Crippen MR) is 108 cm³/mol. The fraction of sp³-hybridized carbons (Fsp3) is 0.200. The molecule has 3 aromatic rings. The molecule has 1 N–H and O–H groups in total. The Kier molecular flexibility index (Phi) is 5.71. The minimum absolute atomic E-state index is 0.129. The summed E-state index contributed by atoms with van der Waals surface area (Å²) < 4.78 is 0. The maximum Gasteiger partial charge on any atom is 0.343 e. The summed E-state index contributed by atoms with van der Waals surface area (Å²) >= 11 is 1.25. The Balaban J connectivity index is 1.91. The minimum atomic E-state index is -0.443. The first-order valence-electron chi connectivity index (χ1n) is 8.55. The second-order valence-electron chi connectivity index (χ2n) is 6.45. The molecule has 0 spiro atoms. The average Bonchev–Trinajstić information content (AvgIpc) is 2.64. The molecule has 3 rings (SSSR count). The third-order valence-electron chi connectivity index (χ3n) is 4.05. The van der Waals surface area contributed by atoms with Crippen LogP contribution in [-0.4, -0.2) is 14.9 Å². The Morgan fingerprint density at radius 1 is 1.04 bits per heavy atom. The Hall–Kier alpha value is -2.93. The van der Waals surface area contributed by atoms with E-state index in [-0.39, 0.29) is 11.5 Å². The highest BCUT2D eigenvalue weighted by Crippen LogP contribution is 2.37. The molecule has 0 aliphatic rings. The molecule has 7 heteroatoms. The second-order valence-corrected chi connectivity index (χ2v) is 7.51. The number of aromatic nitrogens is 2. The summed E-state index contributed by atoms with van der Waals surface area (Å²) in [5.41, 5.74) is 2.94. The van der Waals surface area contributed by atoms with Crippen molar-refractivity contribution in [2.75, 3.05) is 5.32 Å². The highest BCUT2D eigenvalue weighted by atomic mass is 32.2. The summed E-state index contributed by atoms with van der Waals surface area (Å²) in [5.74, 6) is 0.604. The Labute approximate surface area is 162 Å². The van der Waals surface area contributed by atoms with Crippen molar-refractivity contribution in [3.05, 3.63) is 76.1 Å². The van der Waals surface area contributed by atoms with Crippen LogP contribution in [0.1, 0.15) is 30.9 Å². The number of aryl methyl sites for hydroxylation is 1. The van der Waals surface area contributed by atoms with Crippen molar-refractivity contribution in [2.45, 2.75) is 36.6 Å². The lowest BCUT2D eigenvalue weighted by molar-refractivity contribution is -0.387. The molecule has 0 bridgehead atoms. The van der Waals surface area contributed by atoms with Crippen LogP contribution >= 0.6 is 11.8 Å². The van der Waals surface area contributed by atoms with Gasteiger partial charge in [0.25, 0.3) is 0 Å². The fourth-order valence-corrected chi connectivity index (χ4v) is 3.36. The SMILES string of the molecule is Cc1ccc(Sc2ncnc(Nc3ccc(C(C)C)cc3)c2[N+](=O)[O-])cc1. The van der Waals surface area contributed by atoms with E-state index in [1.165, 1.54) is 23.7 Å². The largest absolute Gasteiger partial charge is 0.343 e. The summed E-state index contributed by atoms with van der Waals surface area (Å²) in [6.45, 7) is 6.23. The van der Waals surface area contributed by atoms with Crippen LogP contribution in [0.2, 0.25) is 0 Å². The van der Waals surface area contributed by atoms with Crippen LogP contribution in [0.25, 0.3) is 0 Å². The molecule has 1 aromatic heterocycles. The van der Waals surface area contributed by atoms with Crippen molar-refractivity contribution < 1.29 is 4.92 Å². The second kappa shape index (κ2) is 8.18. The van der Waals surface area contributed by atoms with E-state index in [9.17, 15) is 10.1 Å². The van der Waals surface area contributed by atoms with Gasteiger partial charge in [-0.05, 0) is 42.7 Å². The quantitative estimate of drug-likeness (QED) is 0.335. The Morgan fingerprint density at radius 2 is 1.70 bits per heavy atom. The molecule has 1 heterocycles. The monoisotopic (exact) mass is 380 g/mol. The first-order valence-corrected chi connectivity index (χ1v) is 9.36. The lowest BCUT2D eigenvalue weighted by atomic mass is 10.0. The highest BCUT2D eigenvalue weighted by Gasteiger charge is 2.24. The van der Waals surface area contributed by atoms with Crippen molar-refractivity contribution in [1.29, 1.82) is 0 Å². The average molecular weight is 380 g/mol. The van der Waals surface area contributed by atoms with Gasteiger partial charge in [0, 0.05) is 10.6 Å². The molecule has 0 saturated heterocycles. The van der Waals surface area contributed by atoms with E-state index in [0.717, 1.165) is 16.1 Å². The molecule has 0 amide bonds. The normalized spacial score (nSPS) is 10.8. The molecule has 0 aliphatic carbocycles. The molecule has 0 atom stereocenters. The number of nitrogens with one attached hydrogen (secondary N) is 1.